The molecule has 1 aromatic rings. The third-order valence-corrected chi connectivity index (χ3v) is 2.36. The molecule has 0 saturated heterocycles. The molecule has 0 spiro atoms. The summed E-state index contributed by atoms with van der Waals surface area (Å²) in [6, 6.07) is 6.13. The fourth-order valence-corrected chi connectivity index (χ4v) is 1.45. The van der Waals surface area contributed by atoms with Gasteiger partial charge in [0, 0.05) is 5.57 Å². The van der Waals surface area contributed by atoms with Gasteiger partial charge in [-0.1, -0.05) is 71.2 Å². The van der Waals surface area contributed by atoms with Gasteiger partial charge in [0.15, 0.2) is 11.6 Å². The van der Waals surface area contributed by atoms with Gasteiger partial charge in [-0.2, -0.15) is 0 Å². The first-order valence-electron chi connectivity index (χ1n) is 7.39. The summed E-state index contributed by atoms with van der Waals surface area (Å²) < 4.78 is 0. The Balaban J connectivity index is 0. The van der Waals surface area contributed by atoms with Crippen molar-refractivity contribution in [2.45, 2.75) is 34.1 Å². The van der Waals surface area contributed by atoms with E-state index in [-0.39, 0.29) is 23.5 Å². The minimum atomic E-state index is -0.421. The Morgan fingerprint density at radius 1 is 1.09 bits per heavy atom. The van der Waals surface area contributed by atoms with E-state index in [0.29, 0.717) is 5.57 Å². The normalized spacial score (nSPS) is 9.36. The molecule has 1 aromatic carbocycles. The van der Waals surface area contributed by atoms with Crippen LogP contribution in [0.5, 0.6) is 5.75 Å². The van der Waals surface area contributed by atoms with Crippen LogP contribution in [0, 0.1) is 0 Å². The Labute approximate surface area is 133 Å². The van der Waals surface area contributed by atoms with E-state index in [4.69, 9.17) is 0 Å². The van der Waals surface area contributed by atoms with E-state index in [1.54, 1.807) is 12.1 Å². The number of para-hydroxylation sites is 1. The molecule has 0 atom stereocenters. The van der Waals surface area contributed by atoms with Crippen LogP contribution in [-0.2, 0) is 4.79 Å². The summed E-state index contributed by atoms with van der Waals surface area (Å²) >= 11 is 0. The van der Waals surface area contributed by atoms with E-state index in [1.165, 1.54) is 30.4 Å². The molecule has 3 nitrogen and oxygen atoms in total. The lowest BCUT2D eigenvalue weighted by molar-refractivity contribution is -0.114. The molecule has 1 rings (SSSR count). The second-order valence-corrected chi connectivity index (χ2v) is 3.60. The molecule has 0 aromatic heterocycles. The van der Waals surface area contributed by atoms with E-state index >= 15 is 0 Å². The third-order valence-electron chi connectivity index (χ3n) is 2.36. The number of hydrogen-bond acceptors (Lipinski definition) is 3. The lowest BCUT2D eigenvalue weighted by Gasteiger charge is -2.03. The molecule has 120 valence electrons. The number of benzene rings is 1. The molecule has 0 radical (unpaired) electrons. The lowest BCUT2D eigenvalue weighted by atomic mass is 10.0. The average Bonchev–Trinajstić information content (AvgIpc) is 2.56. The molecule has 0 aliphatic heterocycles. The van der Waals surface area contributed by atoms with Crippen molar-refractivity contribution in [2.24, 2.45) is 0 Å². The van der Waals surface area contributed by atoms with Crippen molar-refractivity contribution in [1.29, 1.82) is 0 Å². The summed E-state index contributed by atoms with van der Waals surface area (Å²) in [6.07, 6.45) is 4.03. The highest BCUT2D eigenvalue weighted by molar-refractivity contribution is 6.15. The fourth-order valence-electron chi connectivity index (χ4n) is 1.45. The summed E-state index contributed by atoms with van der Waals surface area (Å²) in [5, 5.41) is 9.51. The highest BCUT2D eigenvalue weighted by Gasteiger charge is 2.16. The molecule has 0 amide bonds. The van der Waals surface area contributed by atoms with Gasteiger partial charge in [0.1, 0.15) is 5.75 Å². The highest BCUT2D eigenvalue weighted by atomic mass is 16.3. The summed E-state index contributed by atoms with van der Waals surface area (Å²) in [5.74, 6) is -0.892. The van der Waals surface area contributed by atoms with Gasteiger partial charge in [0.25, 0.3) is 0 Å². The van der Waals surface area contributed by atoms with Crippen LogP contribution in [0.2, 0.25) is 0 Å². The van der Waals surface area contributed by atoms with Crippen LogP contribution in [0.1, 0.15) is 44.5 Å². The lowest BCUT2D eigenvalue weighted by Crippen LogP contribution is -2.09. The van der Waals surface area contributed by atoms with E-state index < -0.39 is 5.78 Å². The number of Topliss-reactive ketones (excluding diaryl/α,β-unsaturated/α-hetero) is 2. The summed E-state index contributed by atoms with van der Waals surface area (Å²) in [4.78, 5) is 23.6. The first-order chi connectivity index (χ1) is 10.6. The molecule has 0 unspecified atom stereocenters. The number of phenolic OH excluding ortho intramolecular Hbond substituents is 1. The van der Waals surface area contributed by atoms with Crippen LogP contribution in [-0.4, -0.2) is 16.7 Å². The number of rotatable bonds is 6. The van der Waals surface area contributed by atoms with Gasteiger partial charge in [-0.25, -0.2) is 0 Å². The second kappa shape index (κ2) is 13.6. The molecule has 0 aliphatic carbocycles. The minimum Gasteiger partial charge on any atom is -0.507 e. The number of carbonyl (C=O) groups excluding carboxylic acids is 2. The number of ketones is 2. The number of phenols is 1. The standard InChI is InChI=1S/C15H14O3.2C2H6/c1-3-7-11(4-2)14(17)10-15(18)12-8-5-6-9-13(12)16;2*1-2/h3-9,16H,1-2,10H2;2*1-2H3/b11-7+;;. The number of carbonyl (C=O) groups is 2. The topological polar surface area (TPSA) is 54.4 Å². The molecule has 3 heteroatoms. The zero-order valence-corrected chi connectivity index (χ0v) is 13.9. The Morgan fingerprint density at radius 3 is 2.09 bits per heavy atom. The zero-order chi connectivity index (χ0) is 17.5. The Hall–Kier alpha value is -2.42. The number of hydrogen-bond donors (Lipinski definition) is 1. The monoisotopic (exact) mass is 302 g/mol. The van der Waals surface area contributed by atoms with Gasteiger partial charge in [0.05, 0.1) is 12.0 Å². The van der Waals surface area contributed by atoms with Gasteiger partial charge in [-0.05, 0) is 12.1 Å². The molecule has 22 heavy (non-hydrogen) atoms. The predicted octanol–water partition coefficient (Wildman–Crippen LogP) is 4.88. The summed E-state index contributed by atoms with van der Waals surface area (Å²) in [5.41, 5.74) is 0.474. The Bertz CT molecular complexity index is 525. The van der Waals surface area contributed by atoms with E-state index in [9.17, 15) is 14.7 Å². The molecule has 1 N–H and O–H groups in total. The van der Waals surface area contributed by atoms with Crippen LogP contribution in [0.3, 0.4) is 0 Å². The number of allylic oxidation sites excluding steroid dienone is 4. The maximum atomic E-state index is 11.8. The quantitative estimate of drug-likeness (QED) is 0.352. The van der Waals surface area contributed by atoms with E-state index in [0.717, 1.165) is 0 Å². The first-order valence-corrected chi connectivity index (χ1v) is 7.39. The first kappa shape index (κ1) is 21.9. The molecular formula is C19H26O3. The van der Waals surface area contributed by atoms with E-state index in [2.05, 4.69) is 13.2 Å². The molecular weight excluding hydrogens is 276 g/mol. The molecule has 0 bridgehead atoms. The van der Waals surface area contributed by atoms with Gasteiger partial charge in [0.2, 0.25) is 0 Å². The smallest absolute Gasteiger partial charge is 0.174 e. The van der Waals surface area contributed by atoms with Crippen LogP contribution < -0.4 is 0 Å². The zero-order valence-electron chi connectivity index (χ0n) is 13.9. The fraction of sp³-hybridized carbons (Fsp3) is 0.263. The van der Waals surface area contributed by atoms with Gasteiger partial charge < -0.3 is 5.11 Å². The van der Waals surface area contributed by atoms with Gasteiger partial charge in [-0.15, -0.1) is 0 Å². The van der Waals surface area contributed by atoms with Crippen LogP contribution in [0.15, 0.2) is 61.2 Å². The van der Waals surface area contributed by atoms with Crippen LogP contribution in [0.4, 0.5) is 0 Å². The average molecular weight is 302 g/mol. The van der Waals surface area contributed by atoms with Crippen molar-refractivity contribution in [2.75, 3.05) is 0 Å². The Kier molecular flexibility index (Phi) is 13.5. The maximum absolute atomic E-state index is 11.8. The van der Waals surface area contributed by atoms with Crippen molar-refractivity contribution >= 4 is 11.6 Å². The molecule has 0 fully saturated rings. The van der Waals surface area contributed by atoms with Gasteiger partial charge >= 0.3 is 0 Å². The van der Waals surface area contributed by atoms with Crippen molar-refractivity contribution in [3.8, 4) is 5.75 Å². The van der Waals surface area contributed by atoms with Crippen molar-refractivity contribution in [3.05, 3.63) is 66.8 Å². The third kappa shape index (κ3) is 7.39. The molecule has 0 saturated carbocycles. The highest BCUT2D eigenvalue weighted by Crippen LogP contribution is 2.18. The van der Waals surface area contributed by atoms with Gasteiger partial charge in [-0.3, -0.25) is 9.59 Å². The van der Waals surface area contributed by atoms with Crippen molar-refractivity contribution in [1.82, 2.24) is 0 Å². The minimum absolute atomic E-state index is 0.122. The largest absolute Gasteiger partial charge is 0.507 e. The van der Waals surface area contributed by atoms with Crippen LogP contribution in [0.25, 0.3) is 0 Å². The second-order valence-electron chi connectivity index (χ2n) is 3.60. The SMILES string of the molecule is C=C/C=C(\C=C)C(=O)CC(=O)c1ccccc1O.CC.CC. The summed E-state index contributed by atoms with van der Waals surface area (Å²) in [7, 11) is 0. The predicted molar refractivity (Wildman–Crippen MR) is 93.2 cm³/mol. The van der Waals surface area contributed by atoms with Crippen molar-refractivity contribution < 1.29 is 14.7 Å². The Morgan fingerprint density at radius 2 is 1.64 bits per heavy atom. The van der Waals surface area contributed by atoms with E-state index in [1.807, 2.05) is 27.7 Å². The van der Waals surface area contributed by atoms with Crippen LogP contribution >= 0.6 is 0 Å². The number of aromatic hydroxyl groups is 1. The van der Waals surface area contributed by atoms with Crippen molar-refractivity contribution in [3.63, 3.8) is 0 Å². The molecule has 0 aliphatic rings. The summed E-state index contributed by atoms with van der Waals surface area (Å²) in [6.45, 7) is 15.0. The molecule has 0 heterocycles. The maximum Gasteiger partial charge on any atom is 0.174 e.